The fourth-order valence-corrected chi connectivity index (χ4v) is 3.90. The van der Waals surface area contributed by atoms with Crippen molar-refractivity contribution in [1.82, 2.24) is 14.9 Å². The first-order valence-electron chi connectivity index (χ1n) is 7.67. The van der Waals surface area contributed by atoms with E-state index in [2.05, 4.69) is 53.8 Å². The Balaban J connectivity index is 0.00000208. The normalized spacial score (nSPS) is 16.7. The van der Waals surface area contributed by atoms with E-state index in [-0.39, 0.29) is 18.3 Å². The van der Waals surface area contributed by atoms with Gasteiger partial charge in [0.15, 0.2) is 5.60 Å². The summed E-state index contributed by atoms with van der Waals surface area (Å²) in [6, 6.07) is 11.3. The van der Waals surface area contributed by atoms with Gasteiger partial charge < -0.3 is 10.0 Å². The number of aliphatic hydroxyl groups is 1. The van der Waals surface area contributed by atoms with Crippen molar-refractivity contribution < 1.29 is 5.11 Å². The lowest BCUT2D eigenvalue weighted by molar-refractivity contribution is -0.0179. The second-order valence-corrected chi connectivity index (χ2v) is 7.66. The maximum absolute atomic E-state index is 11.7. The molecule has 0 saturated carbocycles. The largest absolute Gasteiger partial charge is 0.377 e. The van der Waals surface area contributed by atoms with Crippen LogP contribution in [0.15, 0.2) is 45.6 Å². The molecule has 130 valence electrons. The Kier molecular flexibility index (Phi) is 6.79. The Morgan fingerprint density at radius 3 is 1.88 bits per heavy atom. The van der Waals surface area contributed by atoms with Crippen molar-refractivity contribution in [3.63, 3.8) is 0 Å². The van der Waals surface area contributed by atoms with Crippen molar-refractivity contribution in [3.8, 4) is 0 Å². The van der Waals surface area contributed by atoms with E-state index in [1.54, 1.807) is 0 Å². The van der Waals surface area contributed by atoms with Crippen LogP contribution < -0.4 is 0 Å². The van der Waals surface area contributed by atoms with Crippen molar-refractivity contribution in [2.45, 2.75) is 18.4 Å². The van der Waals surface area contributed by atoms with Gasteiger partial charge in [-0.25, -0.2) is 9.97 Å². The lowest BCUT2D eigenvalue weighted by Gasteiger charge is -2.40. The molecule has 0 radical (unpaired) electrons. The Hall–Kier alpha value is -0.530. The lowest BCUT2D eigenvalue weighted by atomic mass is 9.76. The number of halogens is 3. The lowest BCUT2D eigenvalue weighted by Crippen LogP contribution is -2.44. The molecule has 2 aromatic rings. The summed E-state index contributed by atoms with van der Waals surface area (Å²) in [4.78, 5) is 11.4. The van der Waals surface area contributed by atoms with Crippen LogP contribution in [0.5, 0.6) is 0 Å². The molecule has 1 fully saturated rings. The zero-order chi connectivity index (χ0) is 16.4. The van der Waals surface area contributed by atoms with Crippen LogP contribution in [0.25, 0.3) is 0 Å². The van der Waals surface area contributed by atoms with Gasteiger partial charge in [0.2, 0.25) is 0 Å². The van der Waals surface area contributed by atoms with E-state index in [4.69, 9.17) is 0 Å². The predicted molar refractivity (Wildman–Crippen MR) is 104 cm³/mol. The van der Waals surface area contributed by atoms with Crippen molar-refractivity contribution >= 4 is 44.3 Å². The van der Waals surface area contributed by atoms with E-state index < -0.39 is 5.60 Å². The van der Waals surface area contributed by atoms with Crippen LogP contribution in [0, 0.1) is 5.92 Å². The molecule has 4 nitrogen and oxygen atoms in total. The average Bonchev–Trinajstić information content (AvgIpc) is 2.55. The molecule has 0 bridgehead atoms. The molecule has 1 aliphatic rings. The monoisotopic (exact) mass is 475 g/mol. The predicted octanol–water partition coefficient (Wildman–Crippen LogP) is 4.00. The molecule has 1 N–H and O–H groups in total. The van der Waals surface area contributed by atoms with Crippen molar-refractivity contribution in [2.24, 2.45) is 5.92 Å². The van der Waals surface area contributed by atoms with Gasteiger partial charge >= 0.3 is 0 Å². The van der Waals surface area contributed by atoms with E-state index in [1.807, 2.05) is 36.4 Å². The number of hydrogen-bond acceptors (Lipinski definition) is 4. The van der Waals surface area contributed by atoms with Crippen molar-refractivity contribution in [3.05, 3.63) is 57.0 Å². The molecule has 0 atom stereocenters. The fourth-order valence-electron chi connectivity index (χ4n) is 3.22. The third-order valence-corrected chi connectivity index (χ3v) is 5.40. The minimum atomic E-state index is -1.19. The zero-order valence-electron chi connectivity index (χ0n) is 13.3. The van der Waals surface area contributed by atoms with E-state index in [0.29, 0.717) is 11.4 Å². The van der Waals surface area contributed by atoms with Crippen LogP contribution in [0.2, 0.25) is 0 Å². The van der Waals surface area contributed by atoms with E-state index >= 15 is 0 Å². The first-order chi connectivity index (χ1) is 11.0. The Labute approximate surface area is 165 Å². The summed E-state index contributed by atoms with van der Waals surface area (Å²) < 4.78 is 1.44. The van der Waals surface area contributed by atoms with Gasteiger partial charge in [-0.2, -0.15) is 0 Å². The van der Waals surface area contributed by atoms with E-state index in [1.165, 1.54) is 0 Å². The summed E-state index contributed by atoms with van der Waals surface area (Å²) in [5.74, 6) is 0.0855. The number of piperidine rings is 1. The number of pyridine rings is 2. The smallest absolute Gasteiger partial charge is 0.151 e. The summed E-state index contributed by atoms with van der Waals surface area (Å²) in [7, 11) is 2.12. The molecule has 2 aromatic heterocycles. The molecule has 0 spiro atoms. The number of aromatic nitrogens is 2. The molecule has 24 heavy (non-hydrogen) atoms. The number of rotatable bonds is 3. The molecular formula is C17H20Br2ClN3O. The van der Waals surface area contributed by atoms with Gasteiger partial charge in [-0.15, -0.1) is 12.4 Å². The van der Waals surface area contributed by atoms with Gasteiger partial charge in [0.1, 0.15) is 9.21 Å². The topological polar surface area (TPSA) is 49.2 Å². The van der Waals surface area contributed by atoms with Gasteiger partial charge in [-0.1, -0.05) is 12.1 Å². The summed E-state index contributed by atoms with van der Waals surface area (Å²) in [6.07, 6.45) is 1.82. The Bertz CT molecular complexity index is 648. The molecule has 0 unspecified atom stereocenters. The number of nitrogens with zero attached hydrogens (tertiary/aromatic N) is 3. The molecule has 0 aromatic carbocycles. The SMILES string of the molecule is CN1CCC(C(O)(c2cccc(Br)n2)c2cccc(Br)n2)CC1.Cl. The van der Waals surface area contributed by atoms with Crippen LogP contribution in [0.4, 0.5) is 0 Å². The van der Waals surface area contributed by atoms with E-state index in [9.17, 15) is 5.11 Å². The molecule has 1 saturated heterocycles. The number of hydrogen-bond donors (Lipinski definition) is 1. The minimum absolute atomic E-state index is 0. The van der Waals surface area contributed by atoms with Crippen LogP contribution in [-0.4, -0.2) is 40.1 Å². The Morgan fingerprint density at radius 2 is 1.46 bits per heavy atom. The average molecular weight is 478 g/mol. The highest BCUT2D eigenvalue weighted by molar-refractivity contribution is 9.10. The molecule has 3 heterocycles. The molecule has 0 aliphatic carbocycles. The molecule has 0 amide bonds. The maximum Gasteiger partial charge on any atom is 0.151 e. The fraction of sp³-hybridized carbons (Fsp3) is 0.412. The van der Waals surface area contributed by atoms with Gasteiger partial charge in [0.05, 0.1) is 11.4 Å². The molecule has 3 rings (SSSR count). The maximum atomic E-state index is 11.7. The first kappa shape index (κ1) is 19.8. The Morgan fingerprint density at radius 1 is 1.00 bits per heavy atom. The zero-order valence-corrected chi connectivity index (χ0v) is 17.3. The third-order valence-electron chi connectivity index (χ3n) is 4.52. The van der Waals surface area contributed by atoms with Crippen LogP contribution >= 0.6 is 44.3 Å². The highest BCUT2D eigenvalue weighted by Crippen LogP contribution is 2.40. The first-order valence-corrected chi connectivity index (χ1v) is 9.25. The summed E-state index contributed by atoms with van der Waals surface area (Å²) in [6.45, 7) is 1.93. The van der Waals surface area contributed by atoms with E-state index in [0.717, 1.165) is 35.1 Å². The minimum Gasteiger partial charge on any atom is -0.377 e. The number of likely N-dealkylation sites (tertiary alicyclic amines) is 1. The quantitative estimate of drug-likeness (QED) is 0.679. The van der Waals surface area contributed by atoms with Crippen LogP contribution in [-0.2, 0) is 5.60 Å². The summed E-state index contributed by atoms with van der Waals surface area (Å²) >= 11 is 6.83. The summed E-state index contributed by atoms with van der Waals surface area (Å²) in [5, 5.41) is 11.7. The second kappa shape index (κ2) is 8.23. The van der Waals surface area contributed by atoms with Gasteiger partial charge in [0, 0.05) is 5.92 Å². The summed E-state index contributed by atoms with van der Waals surface area (Å²) in [5.41, 5.74) is 0.105. The van der Waals surface area contributed by atoms with Crippen LogP contribution in [0.3, 0.4) is 0 Å². The van der Waals surface area contributed by atoms with Crippen molar-refractivity contribution in [2.75, 3.05) is 20.1 Å². The van der Waals surface area contributed by atoms with Gasteiger partial charge in [-0.05, 0) is 89.1 Å². The highest BCUT2D eigenvalue weighted by atomic mass is 79.9. The second-order valence-electron chi connectivity index (χ2n) is 6.04. The van der Waals surface area contributed by atoms with Crippen LogP contribution in [0.1, 0.15) is 24.2 Å². The molecule has 1 aliphatic heterocycles. The van der Waals surface area contributed by atoms with Gasteiger partial charge in [0.25, 0.3) is 0 Å². The molecule has 7 heteroatoms. The highest BCUT2D eigenvalue weighted by Gasteiger charge is 2.43. The third kappa shape index (κ3) is 3.99. The van der Waals surface area contributed by atoms with Gasteiger partial charge in [-0.3, -0.25) is 0 Å². The molecular weight excluding hydrogens is 457 g/mol. The standard InChI is InChI=1S/C17H19Br2N3O.ClH/c1-22-10-8-12(9-11-22)17(23,13-4-2-6-15(18)20-13)14-5-3-7-16(19)21-14;/h2-7,12,23H,8-11H2,1H3;1H. The van der Waals surface area contributed by atoms with Crippen molar-refractivity contribution in [1.29, 1.82) is 0 Å².